The van der Waals surface area contributed by atoms with Crippen molar-refractivity contribution >= 4 is 39.3 Å². The Bertz CT molecular complexity index is 850. The average Bonchev–Trinajstić information content (AvgIpc) is 3.02. The molecule has 0 atom stereocenters. The Morgan fingerprint density at radius 1 is 1.15 bits per heavy atom. The predicted octanol–water partition coefficient (Wildman–Crippen LogP) is 3.18. The number of benzene rings is 1. The second-order valence-electron chi connectivity index (χ2n) is 6.96. The molecular formula is C19H22BrN5O2. The number of nitrogens with one attached hydrogen (secondary N) is 1. The molecule has 1 fully saturated rings. The summed E-state index contributed by atoms with van der Waals surface area (Å²) in [4.78, 5) is 26.2. The fourth-order valence-corrected chi connectivity index (χ4v) is 3.54. The summed E-state index contributed by atoms with van der Waals surface area (Å²) in [6, 6.07) is 8.00. The van der Waals surface area contributed by atoms with Gasteiger partial charge in [-0.1, -0.05) is 15.9 Å². The Morgan fingerprint density at radius 2 is 1.85 bits per heavy atom. The van der Waals surface area contributed by atoms with Crippen LogP contribution in [0.3, 0.4) is 0 Å². The van der Waals surface area contributed by atoms with E-state index in [1.165, 1.54) is 0 Å². The summed E-state index contributed by atoms with van der Waals surface area (Å²) in [5.74, 6) is 1.24. The molecule has 3 heterocycles. The van der Waals surface area contributed by atoms with E-state index in [0.717, 1.165) is 28.8 Å². The number of ether oxygens (including phenoxy) is 1. The van der Waals surface area contributed by atoms with Crippen molar-refractivity contribution < 1.29 is 9.53 Å². The van der Waals surface area contributed by atoms with Crippen molar-refractivity contribution in [2.24, 2.45) is 0 Å². The third-order valence-corrected chi connectivity index (χ3v) is 5.34. The van der Waals surface area contributed by atoms with E-state index < -0.39 is 0 Å². The fraction of sp³-hybridized carbons (Fsp3) is 0.421. The van der Waals surface area contributed by atoms with Gasteiger partial charge in [-0.05, 0) is 38.1 Å². The van der Waals surface area contributed by atoms with Gasteiger partial charge in [0.1, 0.15) is 11.5 Å². The monoisotopic (exact) mass is 431 g/mol. The first-order chi connectivity index (χ1) is 13.0. The van der Waals surface area contributed by atoms with E-state index in [1.54, 1.807) is 0 Å². The summed E-state index contributed by atoms with van der Waals surface area (Å²) in [7, 11) is 0. The Hall–Kier alpha value is -2.19. The minimum absolute atomic E-state index is 0.0317. The lowest BCUT2D eigenvalue weighted by molar-refractivity contribution is 0.0726. The first-order valence-electron chi connectivity index (χ1n) is 9.10. The maximum Gasteiger partial charge on any atom is 0.273 e. The van der Waals surface area contributed by atoms with Crippen molar-refractivity contribution in [1.29, 1.82) is 0 Å². The number of amides is 1. The van der Waals surface area contributed by atoms with Gasteiger partial charge in [-0.25, -0.2) is 4.98 Å². The molecule has 142 valence electrons. The molecule has 0 unspecified atom stereocenters. The van der Waals surface area contributed by atoms with Crippen LogP contribution in [-0.4, -0.2) is 53.1 Å². The molecule has 0 aliphatic carbocycles. The zero-order valence-electron chi connectivity index (χ0n) is 15.4. The van der Waals surface area contributed by atoms with Crippen molar-refractivity contribution in [2.75, 3.05) is 36.5 Å². The van der Waals surface area contributed by atoms with Crippen LogP contribution < -0.4 is 10.2 Å². The maximum absolute atomic E-state index is 12.9. The number of rotatable bonds is 4. The van der Waals surface area contributed by atoms with Gasteiger partial charge >= 0.3 is 0 Å². The lowest BCUT2D eigenvalue weighted by atomic mass is 10.2. The number of hydrogen-bond acceptors (Lipinski definition) is 6. The van der Waals surface area contributed by atoms with Gasteiger partial charge in [0, 0.05) is 34.9 Å². The van der Waals surface area contributed by atoms with Gasteiger partial charge in [0.15, 0.2) is 0 Å². The van der Waals surface area contributed by atoms with Crippen molar-refractivity contribution in [3.05, 3.63) is 40.0 Å². The Kier molecular flexibility index (Phi) is 5.01. The number of carbonyl (C=O) groups excluding carboxylic acids is 1. The van der Waals surface area contributed by atoms with Crippen LogP contribution in [0.2, 0.25) is 0 Å². The van der Waals surface area contributed by atoms with E-state index in [2.05, 4.69) is 31.1 Å². The molecular weight excluding hydrogens is 410 g/mol. The molecule has 1 saturated heterocycles. The highest BCUT2D eigenvalue weighted by atomic mass is 79.9. The lowest BCUT2D eigenvalue weighted by Crippen LogP contribution is -2.37. The summed E-state index contributed by atoms with van der Waals surface area (Å²) in [6.45, 7) is 7.28. The Balaban J connectivity index is 1.74. The highest BCUT2D eigenvalue weighted by Gasteiger charge is 2.35. The van der Waals surface area contributed by atoms with Gasteiger partial charge in [-0.15, -0.1) is 0 Å². The standard InChI is InChI=1S/C19H22BrN5O2/c1-12(2)25-11-15-16(18(25)26)22-19(24-7-9-27-10-8-24)23-17(15)21-14-5-3-13(20)4-6-14/h3-6,12H,7-11H2,1-2H3,(H,21,22,23). The molecule has 1 aromatic carbocycles. The van der Waals surface area contributed by atoms with E-state index >= 15 is 0 Å². The third kappa shape index (κ3) is 3.64. The average molecular weight is 432 g/mol. The molecule has 8 heteroatoms. The molecule has 2 aliphatic rings. The van der Waals surface area contributed by atoms with Gasteiger partial charge in [0.2, 0.25) is 5.95 Å². The van der Waals surface area contributed by atoms with Gasteiger partial charge in [0.25, 0.3) is 5.91 Å². The van der Waals surface area contributed by atoms with Gasteiger partial charge in [0.05, 0.1) is 19.8 Å². The van der Waals surface area contributed by atoms with Crippen LogP contribution in [0.25, 0.3) is 0 Å². The molecule has 27 heavy (non-hydrogen) atoms. The summed E-state index contributed by atoms with van der Waals surface area (Å²) in [6.07, 6.45) is 0. The lowest BCUT2D eigenvalue weighted by Gasteiger charge is -2.27. The summed E-state index contributed by atoms with van der Waals surface area (Å²) in [5, 5.41) is 3.38. The predicted molar refractivity (Wildman–Crippen MR) is 107 cm³/mol. The first kappa shape index (κ1) is 18.2. The number of fused-ring (bicyclic) bond motifs is 1. The molecule has 0 spiro atoms. The van der Waals surface area contributed by atoms with Crippen LogP contribution in [0.15, 0.2) is 28.7 Å². The number of anilines is 3. The number of hydrogen-bond donors (Lipinski definition) is 1. The van der Waals surface area contributed by atoms with Crippen LogP contribution in [0.4, 0.5) is 17.5 Å². The second kappa shape index (κ2) is 7.44. The zero-order valence-corrected chi connectivity index (χ0v) is 17.0. The zero-order chi connectivity index (χ0) is 19.0. The molecule has 1 amide bonds. The van der Waals surface area contributed by atoms with Crippen LogP contribution in [-0.2, 0) is 11.3 Å². The SMILES string of the molecule is CC(C)N1Cc2c(Nc3ccc(Br)cc3)nc(N3CCOCC3)nc2C1=O. The molecule has 0 radical (unpaired) electrons. The van der Waals surface area contributed by atoms with Crippen molar-refractivity contribution in [1.82, 2.24) is 14.9 Å². The minimum Gasteiger partial charge on any atom is -0.378 e. The van der Waals surface area contributed by atoms with E-state index in [4.69, 9.17) is 9.72 Å². The fourth-order valence-electron chi connectivity index (χ4n) is 3.27. The third-order valence-electron chi connectivity index (χ3n) is 4.81. The summed E-state index contributed by atoms with van der Waals surface area (Å²) in [5.41, 5.74) is 2.27. The smallest absolute Gasteiger partial charge is 0.273 e. The maximum atomic E-state index is 12.9. The van der Waals surface area contributed by atoms with E-state index in [9.17, 15) is 4.79 Å². The van der Waals surface area contributed by atoms with E-state index in [-0.39, 0.29) is 11.9 Å². The first-order valence-corrected chi connectivity index (χ1v) is 9.89. The molecule has 2 aromatic rings. The topological polar surface area (TPSA) is 70.6 Å². The molecule has 2 aliphatic heterocycles. The molecule has 0 bridgehead atoms. The van der Waals surface area contributed by atoms with Gasteiger partial charge in [-0.2, -0.15) is 4.98 Å². The number of morpholine rings is 1. The van der Waals surface area contributed by atoms with E-state index in [1.807, 2.05) is 43.0 Å². The molecule has 1 aromatic heterocycles. The summed E-state index contributed by atoms with van der Waals surface area (Å²) >= 11 is 3.45. The second-order valence-corrected chi connectivity index (χ2v) is 7.87. The minimum atomic E-state index is -0.0317. The van der Waals surface area contributed by atoms with Crippen molar-refractivity contribution in [2.45, 2.75) is 26.4 Å². The summed E-state index contributed by atoms with van der Waals surface area (Å²) < 4.78 is 6.44. The molecule has 4 rings (SSSR count). The Morgan fingerprint density at radius 3 is 2.52 bits per heavy atom. The van der Waals surface area contributed by atoms with Crippen LogP contribution in [0, 0.1) is 0 Å². The highest BCUT2D eigenvalue weighted by molar-refractivity contribution is 9.10. The molecule has 0 saturated carbocycles. The number of nitrogens with zero attached hydrogens (tertiary/aromatic N) is 4. The van der Waals surface area contributed by atoms with Crippen LogP contribution in [0.5, 0.6) is 0 Å². The van der Waals surface area contributed by atoms with Crippen LogP contribution in [0.1, 0.15) is 29.9 Å². The van der Waals surface area contributed by atoms with Crippen molar-refractivity contribution in [3.63, 3.8) is 0 Å². The Labute approximate surface area is 166 Å². The van der Waals surface area contributed by atoms with Gasteiger partial charge < -0.3 is 19.9 Å². The normalized spacial score (nSPS) is 16.8. The molecule has 1 N–H and O–H groups in total. The molecule has 7 nitrogen and oxygen atoms in total. The quantitative estimate of drug-likeness (QED) is 0.801. The highest BCUT2D eigenvalue weighted by Crippen LogP contribution is 2.32. The largest absolute Gasteiger partial charge is 0.378 e. The number of aromatic nitrogens is 2. The van der Waals surface area contributed by atoms with Crippen molar-refractivity contribution in [3.8, 4) is 0 Å². The van der Waals surface area contributed by atoms with Crippen LogP contribution >= 0.6 is 15.9 Å². The van der Waals surface area contributed by atoms with E-state index in [0.29, 0.717) is 37.2 Å². The van der Waals surface area contributed by atoms with Gasteiger partial charge in [-0.3, -0.25) is 4.79 Å². The number of carbonyl (C=O) groups is 1. The number of halogens is 1.